The van der Waals surface area contributed by atoms with Gasteiger partial charge in [0.15, 0.2) is 5.78 Å². The largest absolute Gasteiger partial charge is 0.372 e. The first-order valence-corrected chi connectivity index (χ1v) is 4.00. The van der Waals surface area contributed by atoms with Crippen molar-refractivity contribution < 1.29 is 14.3 Å². The molecule has 0 saturated heterocycles. The second-order valence-electron chi connectivity index (χ2n) is 2.46. The van der Waals surface area contributed by atoms with Gasteiger partial charge in [-0.3, -0.25) is 9.59 Å². The molecule has 1 amide bonds. The first-order chi connectivity index (χ1) is 5.66. The Morgan fingerprint density at radius 3 is 2.58 bits per heavy atom. The Kier molecular flexibility index (Phi) is 6.28. The Balaban J connectivity index is 3.11. The van der Waals surface area contributed by atoms with Gasteiger partial charge in [-0.25, -0.2) is 0 Å². The molecule has 0 fully saturated rings. The molecule has 4 nitrogen and oxygen atoms in total. The van der Waals surface area contributed by atoms with Gasteiger partial charge in [0.1, 0.15) is 6.61 Å². The average molecular weight is 173 g/mol. The van der Waals surface area contributed by atoms with Crippen LogP contribution in [-0.4, -0.2) is 31.4 Å². The molecule has 0 saturated carbocycles. The zero-order chi connectivity index (χ0) is 9.40. The topological polar surface area (TPSA) is 55.4 Å². The fraction of sp³-hybridized carbons (Fsp3) is 0.750. The van der Waals surface area contributed by atoms with E-state index in [2.05, 4.69) is 5.32 Å². The van der Waals surface area contributed by atoms with Crippen molar-refractivity contribution in [1.82, 2.24) is 5.32 Å². The standard InChI is InChI=1S/C8H15NO3/c1-3-8(11)9-4-5-12-6-7(2)10/h3-6H2,1-2H3,(H,9,11). The summed E-state index contributed by atoms with van der Waals surface area (Å²) < 4.78 is 4.93. The number of carbonyl (C=O) groups is 2. The fourth-order valence-electron chi connectivity index (χ4n) is 0.604. The summed E-state index contributed by atoms with van der Waals surface area (Å²) in [5, 5.41) is 2.63. The summed E-state index contributed by atoms with van der Waals surface area (Å²) in [5.41, 5.74) is 0. The summed E-state index contributed by atoms with van der Waals surface area (Å²) in [4.78, 5) is 21.1. The van der Waals surface area contributed by atoms with E-state index >= 15 is 0 Å². The Hall–Kier alpha value is -0.900. The third kappa shape index (κ3) is 7.21. The number of amides is 1. The molecule has 0 aliphatic rings. The van der Waals surface area contributed by atoms with Crippen LogP contribution < -0.4 is 5.32 Å². The van der Waals surface area contributed by atoms with Crippen molar-refractivity contribution in [2.45, 2.75) is 20.3 Å². The molecular weight excluding hydrogens is 158 g/mol. The van der Waals surface area contributed by atoms with Crippen LogP contribution in [0.5, 0.6) is 0 Å². The maximum atomic E-state index is 10.7. The summed E-state index contributed by atoms with van der Waals surface area (Å²) in [6.07, 6.45) is 0.479. The van der Waals surface area contributed by atoms with E-state index in [9.17, 15) is 9.59 Å². The molecule has 0 aromatic heterocycles. The molecule has 4 heteroatoms. The van der Waals surface area contributed by atoms with E-state index in [0.717, 1.165) is 0 Å². The Morgan fingerprint density at radius 1 is 1.42 bits per heavy atom. The van der Waals surface area contributed by atoms with Crippen molar-refractivity contribution in [1.29, 1.82) is 0 Å². The molecule has 0 aliphatic carbocycles. The van der Waals surface area contributed by atoms with E-state index < -0.39 is 0 Å². The maximum Gasteiger partial charge on any atom is 0.219 e. The first kappa shape index (κ1) is 11.1. The van der Waals surface area contributed by atoms with Crippen LogP contribution in [0.2, 0.25) is 0 Å². The summed E-state index contributed by atoms with van der Waals surface area (Å²) >= 11 is 0. The molecule has 0 unspecified atom stereocenters. The summed E-state index contributed by atoms with van der Waals surface area (Å²) in [6.45, 7) is 4.24. The molecule has 0 aliphatic heterocycles. The Morgan fingerprint density at radius 2 is 2.08 bits per heavy atom. The summed E-state index contributed by atoms with van der Waals surface area (Å²) in [6, 6.07) is 0. The molecule has 0 heterocycles. The lowest BCUT2D eigenvalue weighted by Crippen LogP contribution is -2.26. The van der Waals surface area contributed by atoms with E-state index in [0.29, 0.717) is 19.6 Å². The van der Waals surface area contributed by atoms with Gasteiger partial charge >= 0.3 is 0 Å². The van der Waals surface area contributed by atoms with Crippen LogP contribution in [0.4, 0.5) is 0 Å². The van der Waals surface area contributed by atoms with Gasteiger partial charge in [0.2, 0.25) is 5.91 Å². The second kappa shape index (κ2) is 6.79. The van der Waals surface area contributed by atoms with Crippen LogP contribution in [0.1, 0.15) is 20.3 Å². The zero-order valence-electron chi connectivity index (χ0n) is 7.55. The Bertz CT molecular complexity index is 156. The minimum atomic E-state index is -0.00295. The lowest BCUT2D eigenvalue weighted by atomic mass is 10.4. The minimum Gasteiger partial charge on any atom is -0.372 e. The predicted molar refractivity (Wildman–Crippen MR) is 44.8 cm³/mol. The van der Waals surface area contributed by atoms with Crippen molar-refractivity contribution in [3.8, 4) is 0 Å². The Labute approximate surface area is 72.3 Å². The van der Waals surface area contributed by atoms with E-state index in [1.165, 1.54) is 6.92 Å². The molecular formula is C8H15NO3. The predicted octanol–water partition coefficient (Wildman–Crippen LogP) is 0.118. The van der Waals surface area contributed by atoms with Crippen LogP contribution in [0.15, 0.2) is 0 Å². The maximum absolute atomic E-state index is 10.7. The number of rotatable bonds is 6. The normalized spacial score (nSPS) is 9.50. The SMILES string of the molecule is CCC(=O)NCCOCC(C)=O. The minimum absolute atomic E-state index is 0.00132. The van der Waals surface area contributed by atoms with Gasteiger partial charge < -0.3 is 10.1 Å². The van der Waals surface area contributed by atoms with Crippen molar-refractivity contribution in [2.75, 3.05) is 19.8 Å². The molecule has 0 radical (unpaired) electrons. The van der Waals surface area contributed by atoms with Crippen LogP contribution in [0.3, 0.4) is 0 Å². The van der Waals surface area contributed by atoms with Crippen molar-refractivity contribution in [3.63, 3.8) is 0 Å². The smallest absolute Gasteiger partial charge is 0.219 e. The average Bonchev–Trinajstić information content (AvgIpc) is 2.03. The number of nitrogens with one attached hydrogen (secondary N) is 1. The van der Waals surface area contributed by atoms with Gasteiger partial charge in [-0.2, -0.15) is 0 Å². The number of Topliss-reactive ketones (excluding diaryl/α,β-unsaturated/α-hetero) is 1. The number of carbonyl (C=O) groups excluding carboxylic acids is 2. The molecule has 0 aromatic rings. The number of ketones is 1. The van der Waals surface area contributed by atoms with Gasteiger partial charge in [0.25, 0.3) is 0 Å². The molecule has 0 rings (SSSR count). The highest BCUT2D eigenvalue weighted by Crippen LogP contribution is 1.77. The molecule has 0 bridgehead atoms. The monoisotopic (exact) mass is 173 g/mol. The van der Waals surface area contributed by atoms with Gasteiger partial charge in [-0.1, -0.05) is 6.92 Å². The van der Waals surface area contributed by atoms with E-state index in [1.54, 1.807) is 6.92 Å². The second-order valence-corrected chi connectivity index (χ2v) is 2.46. The van der Waals surface area contributed by atoms with E-state index in [4.69, 9.17) is 4.74 Å². The van der Waals surface area contributed by atoms with E-state index in [1.807, 2.05) is 0 Å². The van der Waals surface area contributed by atoms with Crippen molar-refractivity contribution in [3.05, 3.63) is 0 Å². The van der Waals surface area contributed by atoms with Gasteiger partial charge in [0, 0.05) is 13.0 Å². The number of hydrogen-bond donors (Lipinski definition) is 1. The molecule has 0 atom stereocenters. The molecule has 70 valence electrons. The van der Waals surface area contributed by atoms with Gasteiger partial charge in [-0.15, -0.1) is 0 Å². The van der Waals surface area contributed by atoms with Gasteiger partial charge in [-0.05, 0) is 6.92 Å². The van der Waals surface area contributed by atoms with E-state index in [-0.39, 0.29) is 18.3 Å². The summed E-state index contributed by atoms with van der Waals surface area (Å²) in [7, 11) is 0. The van der Waals surface area contributed by atoms with Crippen LogP contribution in [-0.2, 0) is 14.3 Å². The number of hydrogen-bond acceptors (Lipinski definition) is 3. The fourth-order valence-corrected chi connectivity index (χ4v) is 0.604. The lowest BCUT2D eigenvalue weighted by molar-refractivity contribution is -0.121. The van der Waals surface area contributed by atoms with Crippen LogP contribution in [0, 0.1) is 0 Å². The molecule has 1 N–H and O–H groups in total. The zero-order valence-corrected chi connectivity index (χ0v) is 7.55. The summed E-state index contributed by atoms with van der Waals surface area (Å²) in [5.74, 6) is -0.00163. The molecule has 0 spiro atoms. The van der Waals surface area contributed by atoms with Gasteiger partial charge in [0.05, 0.1) is 6.61 Å². The van der Waals surface area contributed by atoms with Crippen LogP contribution in [0.25, 0.3) is 0 Å². The van der Waals surface area contributed by atoms with Crippen molar-refractivity contribution in [2.24, 2.45) is 0 Å². The van der Waals surface area contributed by atoms with Crippen molar-refractivity contribution >= 4 is 11.7 Å². The highest BCUT2D eigenvalue weighted by molar-refractivity contribution is 5.76. The molecule has 12 heavy (non-hydrogen) atoms. The first-order valence-electron chi connectivity index (χ1n) is 4.00. The third-order valence-electron chi connectivity index (χ3n) is 1.20. The number of ether oxygens (including phenoxy) is 1. The lowest BCUT2D eigenvalue weighted by Gasteiger charge is -2.02. The third-order valence-corrected chi connectivity index (χ3v) is 1.20. The highest BCUT2D eigenvalue weighted by Gasteiger charge is 1.95. The highest BCUT2D eigenvalue weighted by atomic mass is 16.5. The quantitative estimate of drug-likeness (QED) is 0.580. The molecule has 0 aromatic carbocycles. The van der Waals surface area contributed by atoms with Crippen LogP contribution >= 0.6 is 0 Å².